The average Bonchev–Trinajstić information content (AvgIpc) is 2.77. The molecule has 1 saturated heterocycles. The fourth-order valence-electron chi connectivity index (χ4n) is 2.13. The Morgan fingerprint density at radius 2 is 2.19 bits per heavy atom. The Morgan fingerprint density at radius 3 is 3.06 bits per heavy atom. The molecule has 0 aliphatic carbocycles. The van der Waals surface area contributed by atoms with E-state index in [4.69, 9.17) is 4.52 Å². The molecule has 0 unspecified atom stereocenters. The molecule has 1 aliphatic rings. The summed E-state index contributed by atoms with van der Waals surface area (Å²) in [5.41, 5.74) is 2.26. The molecule has 3 rings (SSSR count). The van der Waals surface area contributed by atoms with Crippen LogP contribution >= 0.6 is 0 Å². The maximum Gasteiger partial charge on any atom is 0.131 e. The third-order valence-corrected chi connectivity index (χ3v) is 3.04. The van der Waals surface area contributed by atoms with E-state index >= 15 is 0 Å². The van der Waals surface area contributed by atoms with Gasteiger partial charge >= 0.3 is 0 Å². The Morgan fingerprint density at radius 1 is 1.31 bits per heavy atom. The standard InChI is InChI=1S/C12H15N3O/c1-2-11-9-16-14-12(11)7-10(1)8-15-5-3-13-4-6-15/h1-2,7,9,13H,3-6,8H2. The van der Waals surface area contributed by atoms with Gasteiger partial charge in [-0.3, -0.25) is 4.90 Å². The number of aromatic nitrogens is 1. The first-order chi connectivity index (χ1) is 7.92. The first-order valence-electron chi connectivity index (χ1n) is 5.68. The lowest BCUT2D eigenvalue weighted by atomic mass is 10.1. The van der Waals surface area contributed by atoms with Gasteiger partial charge in [-0.1, -0.05) is 11.2 Å². The topological polar surface area (TPSA) is 41.3 Å². The monoisotopic (exact) mass is 217 g/mol. The van der Waals surface area contributed by atoms with Crippen molar-refractivity contribution in [1.82, 2.24) is 15.4 Å². The van der Waals surface area contributed by atoms with Crippen molar-refractivity contribution in [1.29, 1.82) is 0 Å². The number of benzene rings is 1. The van der Waals surface area contributed by atoms with Crippen molar-refractivity contribution in [3.63, 3.8) is 0 Å². The zero-order valence-corrected chi connectivity index (χ0v) is 9.15. The summed E-state index contributed by atoms with van der Waals surface area (Å²) in [6.45, 7) is 5.43. The highest BCUT2D eigenvalue weighted by molar-refractivity contribution is 5.77. The summed E-state index contributed by atoms with van der Waals surface area (Å²) in [6.07, 6.45) is 1.68. The second-order valence-electron chi connectivity index (χ2n) is 4.23. The summed E-state index contributed by atoms with van der Waals surface area (Å²) in [5, 5.41) is 8.40. The van der Waals surface area contributed by atoms with Gasteiger partial charge in [0.15, 0.2) is 0 Å². The summed E-state index contributed by atoms with van der Waals surface area (Å²) in [7, 11) is 0. The van der Waals surface area contributed by atoms with E-state index in [1.807, 2.05) is 0 Å². The highest BCUT2D eigenvalue weighted by atomic mass is 16.5. The van der Waals surface area contributed by atoms with Crippen molar-refractivity contribution in [2.24, 2.45) is 0 Å². The molecule has 0 radical (unpaired) electrons. The van der Waals surface area contributed by atoms with E-state index in [2.05, 4.69) is 33.6 Å². The van der Waals surface area contributed by atoms with E-state index in [-0.39, 0.29) is 0 Å². The lowest BCUT2D eigenvalue weighted by molar-refractivity contribution is 0.233. The molecule has 2 heterocycles. The Kier molecular flexibility index (Phi) is 2.60. The fraction of sp³-hybridized carbons (Fsp3) is 0.417. The number of nitrogens with zero attached hydrogens (tertiary/aromatic N) is 2. The maximum atomic E-state index is 4.94. The first-order valence-corrected chi connectivity index (χ1v) is 5.68. The van der Waals surface area contributed by atoms with Crippen LogP contribution in [-0.2, 0) is 6.54 Å². The van der Waals surface area contributed by atoms with Crippen LogP contribution in [0.25, 0.3) is 10.9 Å². The van der Waals surface area contributed by atoms with Gasteiger partial charge in [0, 0.05) is 38.1 Å². The lowest BCUT2D eigenvalue weighted by Gasteiger charge is -2.27. The summed E-state index contributed by atoms with van der Waals surface area (Å²) < 4.78 is 4.94. The number of nitrogens with one attached hydrogen (secondary N) is 1. The van der Waals surface area contributed by atoms with Crippen molar-refractivity contribution in [2.45, 2.75) is 6.54 Å². The zero-order valence-electron chi connectivity index (χ0n) is 9.15. The molecule has 0 bridgehead atoms. The number of fused-ring (bicyclic) bond motifs is 1. The Labute approximate surface area is 94.2 Å². The zero-order chi connectivity index (χ0) is 10.8. The Balaban J connectivity index is 1.77. The molecule has 1 aromatic carbocycles. The van der Waals surface area contributed by atoms with Gasteiger partial charge < -0.3 is 9.84 Å². The molecule has 0 atom stereocenters. The molecule has 4 heteroatoms. The van der Waals surface area contributed by atoms with Gasteiger partial charge in [0.05, 0.1) is 0 Å². The van der Waals surface area contributed by atoms with E-state index in [1.54, 1.807) is 6.26 Å². The van der Waals surface area contributed by atoms with Gasteiger partial charge in [-0.15, -0.1) is 0 Å². The smallest absolute Gasteiger partial charge is 0.131 e. The van der Waals surface area contributed by atoms with Crippen molar-refractivity contribution in [3.05, 3.63) is 30.0 Å². The van der Waals surface area contributed by atoms with Gasteiger partial charge in [0.1, 0.15) is 11.8 Å². The quantitative estimate of drug-likeness (QED) is 0.821. The normalized spacial score (nSPS) is 18.0. The van der Waals surface area contributed by atoms with Gasteiger partial charge in [-0.05, 0) is 17.7 Å². The SMILES string of the molecule is c1cc2conc2cc1CN1CCNCC1. The molecule has 1 aliphatic heterocycles. The summed E-state index contributed by atoms with van der Waals surface area (Å²) in [4.78, 5) is 2.46. The highest BCUT2D eigenvalue weighted by Crippen LogP contribution is 2.15. The molecular weight excluding hydrogens is 202 g/mol. The van der Waals surface area contributed by atoms with E-state index in [1.165, 1.54) is 5.56 Å². The first kappa shape index (κ1) is 9.81. The second-order valence-corrected chi connectivity index (χ2v) is 4.23. The fourth-order valence-corrected chi connectivity index (χ4v) is 2.13. The highest BCUT2D eigenvalue weighted by Gasteiger charge is 2.10. The number of piperazine rings is 1. The molecule has 4 nitrogen and oxygen atoms in total. The molecule has 1 aromatic heterocycles. The number of hydrogen-bond acceptors (Lipinski definition) is 4. The van der Waals surface area contributed by atoms with Crippen molar-refractivity contribution < 1.29 is 4.52 Å². The minimum absolute atomic E-state index is 0.952. The number of rotatable bonds is 2. The molecule has 0 spiro atoms. The predicted molar refractivity (Wildman–Crippen MR) is 62.2 cm³/mol. The van der Waals surface area contributed by atoms with Crippen LogP contribution in [0.3, 0.4) is 0 Å². The van der Waals surface area contributed by atoms with Crippen LogP contribution in [0.1, 0.15) is 5.56 Å². The largest absolute Gasteiger partial charge is 0.364 e. The van der Waals surface area contributed by atoms with Crippen molar-refractivity contribution in [3.8, 4) is 0 Å². The molecule has 16 heavy (non-hydrogen) atoms. The maximum absolute atomic E-state index is 4.94. The lowest BCUT2D eigenvalue weighted by Crippen LogP contribution is -2.42. The number of hydrogen-bond donors (Lipinski definition) is 1. The van der Waals surface area contributed by atoms with Gasteiger partial charge in [0.25, 0.3) is 0 Å². The van der Waals surface area contributed by atoms with E-state index in [0.29, 0.717) is 0 Å². The van der Waals surface area contributed by atoms with Crippen molar-refractivity contribution >= 4 is 10.9 Å². The van der Waals surface area contributed by atoms with Crippen LogP contribution in [0.2, 0.25) is 0 Å². The molecule has 2 aromatic rings. The van der Waals surface area contributed by atoms with E-state index in [0.717, 1.165) is 43.6 Å². The van der Waals surface area contributed by atoms with Gasteiger partial charge in [-0.2, -0.15) is 0 Å². The molecule has 1 fully saturated rings. The van der Waals surface area contributed by atoms with Crippen LogP contribution in [0.4, 0.5) is 0 Å². The molecule has 1 N–H and O–H groups in total. The van der Waals surface area contributed by atoms with E-state index < -0.39 is 0 Å². The second kappa shape index (κ2) is 4.23. The average molecular weight is 217 g/mol. The molecule has 0 saturated carbocycles. The van der Waals surface area contributed by atoms with Crippen LogP contribution in [0.5, 0.6) is 0 Å². The molecule has 0 amide bonds. The summed E-state index contributed by atoms with van der Waals surface area (Å²) >= 11 is 0. The summed E-state index contributed by atoms with van der Waals surface area (Å²) in [6, 6.07) is 6.34. The third-order valence-electron chi connectivity index (χ3n) is 3.04. The third kappa shape index (κ3) is 1.94. The van der Waals surface area contributed by atoms with Crippen LogP contribution < -0.4 is 5.32 Å². The van der Waals surface area contributed by atoms with Crippen LogP contribution in [-0.4, -0.2) is 36.2 Å². The van der Waals surface area contributed by atoms with Crippen molar-refractivity contribution in [2.75, 3.05) is 26.2 Å². The molecule has 84 valence electrons. The Hall–Kier alpha value is -1.39. The van der Waals surface area contributed by atoms with E-state index in [9.17, 15) is 0 Å². The van der Waals surface area contributed by atoms with Gasteiger partial charge in [0.2, 0.25) is 0 Å². The minimum atomic E-state index is 0.952. The summed E-state index contributed by atoms with van der Waals surface area (Å²) in [5.74, 6) is 0. The Bertz CT molecular complexity index is 474. The van der Waals surface area contributed by atoms with Crippen LogP contribution in [0, 0.1) is 0 Å². The minimum Gasteiger partial charge on any atom is -0.364 e. The molecular formula is C12H15N3O. The van der Waals surface area contributed by atoms with Gasteiger partial charge in [-0.25, -0.2) is 0 Å². The predicted octanol–water partition coefficient (Wildman–Crippen LogP) is 1.23. The van der Waals surface area contributed by atoms with Crippen LogP contribution in [0.15, 0.2) is 29.0 Å².